The standard InChI is InChI=1S/C17H23NO2/c1-12(17(19)20)14-8-7-13-9-10-18(16(13)11-14)15-5-3-2-4-6-15/h7-8,11-12,15H,2-6,9-10H2,1H3,(H,19,20). The predicted molar refractivity (Wildman–Crippen MR) is 80.4 cm³/mol. The fourth-order valence-electron chi connectivity index (χ4n) is 3.60. The summed E-state index contributed by atoms with van der Waals surface area (Å²) in [7, 11) is 0. The van der Waals surface area contributed by atoms with Crippen LogP contribution in [0.3, 0.4) is 0 Å². The number of carboxylic acid groups (broad SMARTS) is 1. The van der Waals surface area contributed by atoms with E-state index in [1.54, 1.807) is 6.92 Å². The number of carboxylic acids is 1. The summed E-state index contributed by atoms with van der Waals surface area (Å²) in [6.07, 6.45) is 7.72. The van der Waals surface area contributed by atoms with Crippen LogP contribution in [0.15, 0.2) is 18.2 Å². The molecule has 1 aromatic carbocycles. The molecule has 1 aliphatic carbocycles. The molecule has 0 spiro atoms. The number of benzene rings is 1. The zero-order valence-electron chi connectivity index (χ0n) is 12.1. The molecule has 3 nitrogen and oxygen atoms in total. The molecule has 3 rings (SSSR count). The van der Waals surface area contributed by atoms with Gasteiger partial charge in [0.1, 0.15) is 0 Å². The van der Waals surface area contributed by atoms with Crippen molar-refractivity contribution < 1.29 is 9.90 Å². The molecule has 20 heavy (non-hydrogen) atoms. The maximum Gasteiger partial charge on any atom is 0.310 e. The van der Waals surface area contributed by atoms with E-state index in [0.29, 0.717) is 6.04 Å². The summed E-state index contributed by atoms with van der Waals surface area (Å²) >= 11 is 0. The highest BCUT2D eigenvalue weighted by atomic mass is 16.4. The number of hydrogen-bond acceptors (Lipinski definition) is 2. The molecule has 1 heterocycles. The second-order valence-corrected chi connectivity index (χ2v) is 6.18. The topological polar surface area (TPSA) is 40.5 Å². The zero-order chi connectivity index (χ0) is 14.1. The molecular weight excluding hydrogens is 250 g/mol. The van der Waals surface area contributed by atoms with E-state index in [1.807, 2.05) is 6.07 Å². The second-order valence-electron chi connectivity index (χ2n) is 6.18. The van der Waals surface area contributed by atoms with Crippen LogP contribution >= 0.6 is 0 Å². The fourth-order valence-corrected chi connectivity index (χ4v) is 3.60. The van der Waals surface area contributed by atoms with Gasteiger partial charge in [-0.3, -0.25) is 4.79 Å². The lowest BCUT2D eigenvalue weighted by molar-refractivity contribution is -0.138. The van der Waals surface area contributed by atoms with Gasteiger partial charge in [-0.1, -0.05) is 31.4 Å². The van der Waals surface area contributed by atoms with Crippen molar-refractivity contribution in [3.8, 4) is 0 Å². The van der Waals surface area contributed by atoms with Gasteiger partial charge in [0.15, 0.2) is 0 Å². The highest BCUT2D eigenvalue weighted by Gasteiger charge is 2.28. The number of fused-ring (bicyclic) bond motifs is 1. The Morgan fingerprint density at radius 2 is 2.05 bits per heavy atom. The van der Waals surface area contributed by atoms with Crippen molar-refractivity contribution in [1.29, 1.82) is 0 Å². The van der Waals surface area contributed by atoms with E-state index in [1.165, 1.54) is 43.4 Å². The van der Waals surface area contributed by atoms with E-state index in [2.05, 4.69) is 17.0 Å². The van der Waals surface area contributed by atoms with Gasteiger partial charge in [-0.2, -0.15) is 0 Å². The van der Waals surface area contributed by atoms with E-state index in [-0.39, 0.29) is 0 Å². The molecule has 0 bridgehead atoms. The minimum absolute atomic E-state index is 0.422. The third kappa shape index (κ3) is 2.41. The normalized spacial score (nSPS) is 20.8. The molecule has 3 heteroatoms. The van der Waals surface area contributed by atoms with Gasteiger partial charge in [0, 0.05) is 18.3 Å². The van der Waals surface area contributed by atoms with Crippen LogP contribution in [0.25, 0.3) is 0 Å². The maximum absolute atomic E-state index is 11.2. The van der Waals surface area contributed by atoms with E-state index in [9.17, 15) is 9.90 Å². The number of aliphatic carboxylic acids is 1. The molecule has 1 fully saturated rings. The molecule has 0 saturated heterocycles. The Labute approximate surface area is 120 Å². The quantitative estimate of drug-likeness (QED) is 0.915. The monoisotopic (exact) mass is 273 g/mol. The smallest absolute Gasteiger partial charge is 0.310 e. The van der Waals surface area contributed by atoms with Gasteiger partial charge in [-0.05, 0) is 43.4 Å². The summed E-state index contributed by atoms with van der Waals surface area (Å²) in [5, 5.41) is 9.18. The van der Waals surface area contributed by atoms with Crippen LogP contribution in [-0.2, 0) is 11.2 Å². The highest BCUT2D eigenvalue weighted by molar-refractivity contribution is 5.76. The average Bonchev–Trinajstić information content (AvgIpc) is 2.90. The van der Waals surface area contributed by atoms with Crippen molar-refractivity contribution in [2.45, 2.75) is 57.4 Å². The minimum Gasteiger partial charge on any atom is -0.481 e. The molecule has 1 saturated carbocycles. The van der Waals surface area contributed by atoms with E-state index in [0.717, 1.165) is 18.5 Å². The molecule has 1 N–H and O–H groups in total. The summed E-state index contributed by atoms with van der Waals surface area (Å²) in [6.45, 7) is 2.87. The molecule has 1 unspecified atom stereocenters. The third-order valence-electron chi connectivity index (χ3n) is 4.93. The average molecular weight is 273 g/mol. The number of hydrogen-bond donors (Lipinski definition) is 1. The van der Waals surface area contributed by atoms with E-state index >= 15 is 0 Å². The van der Waals surface area contributed by atoms with Gasteiger partial charge in [-0.15, -0.1) is 0 Å². The van der Waals surface area contributed by atoms with Crippen LogP contribution in [0.2, 0.25) is 0 Å². The lowest BCUT2D eigenvalue weighted by Gasteiger charge is -2.33. The van der Waals surface area contributed by atoms with Gasteiger partial charge >= 0.3 is 5.97 Å². The van der Waals surface area contributed by atoms with Crippen LogP contribution in [0.1, 0.15) is 56.1 Å². The Hall–Kier alpha value is -1.51. The van der Waals surface area contributed by atoms with Gasteiger partial charge in [0.25, 0.3) is 0 Å². The Morgan fingerprint density at radius 3 is 2.75 bits per heavy atom. The largest absolute Gasteiger partial charge is 0.481 e. The Bertz CT molecular complexity index is 506. The van der Waals surface area contributed by atoms with Crippen LogP contribution in [0.4, 0.5) is 5.69 Å². The first-order valence-electron chi connectivity index (χ1n) is 7.79. The minimum atomic E-state index is -0.743. The van der Waals surface area contributed by atoms with Crippen molar-refractivity contribution in [3.63, 3.8) is 0 Å². The van der Waals surface area contributed by atoms with Crippen molar-refractivity contribution >= 4 is 11.7 Å². The summed E-state index contributed by atoms with van der Waals surface area (Å²) in [4.78, 5) is 13.7. The van der Waals surface area contributed by atoms with Gasteiger partial charge in [0.05, 0.1) is 5.92 Å². The van der Waals surface area contributed by atoms with Gasteiger partial charge in [-0.25, -0.2) is 0 Å². The summed E-state index contributed by atoms with van der Waals surface area (Å²) in [5.74, 6) is -1.17. The molecule has 0 amide bonds. The highest BCUT2D eigenvalue weighted by Crippen LogP contribution is 2.36. The third-order valence-corrected chi connectivity index (χ3v) is 4.93. The van der Waals surface area contributed by atoms with Crippen LogP contribution < -0.4 is 4.90 Å². The second kappa shape index (κ2) is 5.47. The van der Waals surface area contributed by atoms with Gasteiger partial charge < -0.3 is 10.0 Å². The number of carbonyl (C=O) groups is 1. The predicted octanol–water partition coefficient (Wildman–Crippen LogP) is 3.57. The van der Waals surface area contributed by atoms with Crippen molar-refractivity contribution in [2.75, 3.05) is 11.4 Å². The Balaban J connectivity index is 1.87. The number of anilines is 1. The maximum atomic E-state index is 11.2. The summed E-state index contributed by atoms with van der Waals surface area (Å²) < 4.78 is 0. The first-order valence-corrected chi connectivity index (χ1v) is 7.79. The summed E-state index contributed by atoms with van der Waals surface area (Å²) in [6, 6.07) is 6.91. The van der Waals surface area contributed by atoms with Crippen LogP contribution in [0, 0.1) is 0 Å². The Kier molecular flexibility index (Phi) is 3.68. The fraction of sp³-hybridized carbons (Fsp3) is 0.588. The molecular formula is C17H23NO2. The van der Waals surface area contributed by atoms with Gasteiger partial charge in [0.2, 0.25) is 0 Å². The van der Waals surface area contributed by atoms with Crippen molar-refractivity contribution in [1.82, 2.24) is 0 Å². The molecule has 108 valence electrons. The first-order chi connectivity index (χ1) is 9.66. The van der Waals surface area contributed by atoms with E-state index in [4.69, 9.17) is 0 Å². The number of rotatable bonds is 3. The van der Waals surface area contributed by atoms with E-state index < -0.39 is 11.9 Å². The molecule has 0 aromatic heterocycles. The van der Waals surface area contributed by atoms with Crippen molar-refractivity contribution in [3.05, 3.63) is 29.3 Å². The molecule has 2 aliphatic rings. The zero-order valence-corrected chi connectivity index (χ0v) is 12.1. The van der Waals surface area contributed by atoms with Crippen LogP contribution in [0.5, 0.6) is 0 Å². The first kappa shape index (κ1) is 13.5. The lowest BCUT2D eigenvalue weighted by Crippen LogP contribution is -2.35. The molecule has 1 aromatic rings. The molecule has 1 atom stereocenters. The SMILES string of the molecule is CC(C(=O)O)c1ccc2c(c1)N(C1CCCCC1)CC2. The van der Waals surface area contributed by atoms with Crippen LogP contribution in [-0.4, -0.2) is 23.7 Å². The number of nitrogens with zero attached hydrogens (tertiary/aromatic N) is 1. The Morgan fingerprint density at radius 1 is 1.30 bits per heavy atom. The van der Waals surface area contributed by atoms with Crippen molar-refractivity contribution in [2.24, 2.45) is 0 Å². The lowest BCUT2D eigenvalue weighted by atomic mass is 9.93. The summed E-state index contributed by atoms with van der Waals surface area (Å²) in [5.41, 5.74) is 3.61. The molecule has 0 radical (unpaired) electrons. The molecule has 1 aliphatic heterocycles.